The third-order valence-electron chi connectivity index (χ3n) is 6.02. The third kappa shape index (κ3) is 5.24. The van der Waals surface area contributed by atoms with Crippen molar-refractivity contribution >= 4 is 11.8 Å². The first kappa shape index (κ1) is 24.5. The molecule has 7 nitrogen and oxygen atoms in total. The second-order valence-corrected chi connectivity index (χ2v) is 8.90. The van der Waals surface area contributed by atoms with Crippen LogP contribution in [0.25, 0.3) is 5.69 Å². The molecule has 1 aliphatic heterocycles. The summed E-state index contributed by atoms with van der Waals surface area (Å²) in [5.41, 5.74) is 2.67. The molecule has 0 radical (unpaired) electrons. The van der Waals surface area contributed by atoms with Gasteiger partial charge in [-0.15, -0.1) is 0 Å². The first-order valence-electron chi connectivity index (χ1n) is 11.5. The van der Waals surface area contributed by atoms with Gasteiger partial charge in [0.05, 0.1) is 29.2 Å². The maximum Gasteiger partial charge on any atom is 0.255 e. The molecule has 35 heavy (non-hydrogen) atoms. The first-order chi connectivity index (χ1) is 16.6. The van der Waals surface area contributed by atoms with Crippen molar-refractivity contribution < 1.29 is 23.1 Å². The van der Waals surface area contributed by atoms with Crippen LogP contribution in [0.5, 0.6) is 0 Å². The molecule has 1 N–H and O–H groups in total. The number of aromatic nitrogens is 2. The number of nitrogens with zero attached hydrogens (tertiary/aromatic N) is 3. The summed E-state index contributed by atoms with van der Waals surface area (Å²) in [7, 11) is 0. The van der Waals surface area contributed by atoms with Crippen LogP contribution in [0.4, 0.5) is 8.78 Å². The number of carbonyl (C=O) groups excluding carboxylic acids is 2. The topological polar surface area (TPSA) is 76.5 Å². The summed E-state index contributed by atoms with van der Waals surface area (Å²) in [6.45, 7) is 8.56. The van der Waals surface area contributed by atoms with Crippen molar-refractivity contribution in [3.05, 3.63) is 82.2 Å². The van der Waals surface area contributed by atoms with Crippen molar-refractivity contribution in [2.75, 3.05) is 13.1 Å². The monoisotopic (exact) mass is 482 g/mol. The van der Waals surface area contributed by atoms with Gasteiger partial charge in [0, 0.05) is 31.3 Å². The summed E-state index contributed by atoms with van der Waals surface area (Å²) in [6.07, 6.45) is -0.0130. The molecule has 2 amide bonds. The molecular formula is C26H28F2N4O3. The van der Waals surface area contributed by atoms with Gasteiger partial charge in [-0.1, -0.05) is 12.1 Å². The van der Waals surface area contributed by atoms with Crippen LogP contribution >= 0.6 is 0 Å². The van der Waals surface area contributed by atoms with Crippen LogP contribution in [0.1, 0.15) is 51.5 Å². The summed E-state index contributed by atoms with van der Waals surface area (Å²) < 4.78 is 34.5. The fourth-order valence-electron chi connectivity index (χ4n) is 4.42. The Morgan fingerprint density at radius 2 is 1.71 bits per heavy atom. The van der Waals surface area contributed by atoms with Crippen molar-refractivity contribution in [2.24, 2.45) is 0 Å². The van der Waals surface area contributed by atoms with Gasteiger partial charge in [0.2, 0.25) is 0 Å². The largest absolute Gasteiger partial charge is 0.372 e. The van der Waals surface area contributed by atoms with Crippen LogP contribution in [0.2, 0.25) is 0 Å². The highest BCUT2D eigenvalue weighted by Gasteiger charge is 2.26. The van der Waals surface area contributed by atoms with Gasteiger partial charge in [-0.2, -0.15) is 5.10 Å². The lowest BCUT2D eigenvalue weighted by molar-refractivity contribution is -0.0586. The van der Waals surface area contributed by atoms with Gasteiger partial charge in [-0.25, -0.2) is 13.5 Å². The van der Waals surface area contributed by atoms with E-state index >= 15 is 0 Å². The Labute approximate surface area is 202 Å². The number of halogens is 2. The maximum atomic E-state index is 14.2. The standard InChI is InChI=1S/C26H28F2N4O3/c1-15-13-31(14-16(2)35-15)26(34)20-7-5-19(6-8-20)12-29-25(33)24-17(3)30-32(18(24)4)23-10-9-21(27)11-22(23)28/h5-11,15-16H,12-14H2,1-4H3,(H,29,33). The lowest BCUT2D eigenvalue weighted by atomic mass is 10.1. The minimum Gasteiger partial charge on any atom is -0.372 e. The Balaban J connectivity index is 1.43. The summed E-state index contributed by atoms with van der Waals surface area (Å²) in [5.74, 6) is -1.86. The lowest BCUT2D eigenvalue weighted by Crippen LogP contribution is -2.48. The Hall–Kier alpha value is -3.59. The fraction of sp³-hybridized carbons (Fsp3) is 0.346. The molecule has 3 aromatic rings. The molecule has 2 heterocycles. The fourth-order valence-corrected chi connectivity index (χ4v) is 4.42. The van der Waals surface area contributed by atoms with Crippen molar-refractivity contribution in [2.45, 2.75) is 46.4 Å². The molecule has 2 atom stereocenters. The molecule has 2 aromatic carbocycles. The second kappa shape index (κ2) is 9.95. The number of benzene rings is 2. The molecule has 184 valence electrons. The predicted molar refractivity (Wildman–Crippen MR) is 126 cm³/mol. The lowest BCUT2D eigenvalue weighted by Gasteiger charge is -2.35. The van der Waals surface area contributed by atoms with Crippen LogP contribution in [0.3, 0.4) is 0 Å². The van der Waals surface area contributed by atoms with E-state index in [0.717, 1.165) is 17.7 Å². The van der Waals surface area contributed by atoms with Crippen molar-refractivity contribution in [1.82, 2.24) is 20.0 Å². The molecule has 1 saturated heterocycles. The van der Waals surface area contributed by atoms with Crippen molar-refractivity contribution in [1.29, 1.82) is 0 Å². The van der Waals surface area contributed by atoms with Crippen LogP contribution in [0, 0.1) is 25.5 Å². The number of ether oxygens (including phenoxy) is 1. The number of carbonyl (C=O) groups is 2. The molecule has 1 fully saturated rings. The van der Waals surface area contributed by atoms with Gasteiger partial charge in [-0.05, 0) is 57.5 Å². The Morgan fingerprint density at radius 1 is 1.06 bits per heavy atom. The maximum absolute atomic E-state index is 14.2. The molecule has 2 unspecified atom stereocenters. The molecule has 0 bridgehead atoms. The van der Waals surface area contributed by atoms with Gasteiger partial charge >= 0.3 is 0 Å². The Morgan fingerprint density at radius 3 is 2.34 bits per heavy atom. The van der Waals surface area contributed by atoms with E-state index in [4.69, 9.17) is 4.74 Å². The van der Waals surface area contributed by atoms with Gasteiger partial charge in [0.1, 0.15) is 11.5 Å². The molecule has 0 saturated carbocycles. The predicted octanol–water partition coefficient (Wildman–Crippen LogP) is 3.95. The molecule has 1 aliphatic rings. The minimum atomic E-state index is -0.766. The molecule has 9 heteroatoms. The summed E-state index contributed by atoms with van der Waals surface area (Å²) in [5, 5.41) is 7.13. The van der Waals surface area contributed by atoms with E-state index < -0.39 is 11.6 Å². The molecule has 1 aromatic heterocycles. The minimum absolute atomic E-state index is 0.00648. The van der Waals surface area contributed by atoms with E-state index in [1.165, 1.54) is 10.7 Å². The van der Waals surface area contributed by atoms with E-state index in [0.29, 0.717) is 35.6 Å². The number of hydrogen-bond donors (Lipinski definition) is 1. The van der Waals surface area contributed by atoms with Crippen LogP contribution in [-0.4, -0.2) is 51.8 Å². The summed E-state index contributed by atoms with van der Waals surface area (Å²) in [6, 6.07) is 10.3. The zero-order valence-electron chi connectivity index (χ0n) is 20.1. The van der Waals surface area contributed by atoms with Crippen LogP contribution in [0.15, 0.2) is 42.5 Å². The molecular weight excluding hydrogens is 454 g/mol. The summed E-state index contributed by atoms with van der Waals surface area (Å²) >= 11 is 0. The number of hydrogen-bond acceptors (Lipinski definition) is 4. The van der Waals surface area contributed by atoms with Gasteiger partial charge in [0.25, 0.3) is 11.8 Å². The Bertz CT molecular complexity index is 1250. The number of amides is 2. The average molecular weight is 483 g/mol. The molecule has 0 aliphatic carbocycles. The number of morpholine rings is 1. The zero-order valence-corrected chi connectivity index (χ0v) is 20.1. The van der Waals surface area contributed by atoms with E-state index in [9.17, 15) is 18.4 Å². The zero-order chi connectivity index (χ0) is 25.3. The quantitative estimate of drug-likeness (QED) is 0.598. The highest BCUT2D eigenvalue weighted by atomic mass is 19.1. The number of nitrogens with one attached hydrogen (secondary N) is 1. The smallest absolute Gasteiger partial charge is 0.255 e. The summed E-state index contributed by atoms with van der Waals surface area (Å²) in [4.78, 5) is 27.5. The van der Waals surface area contributed by atoms with Crippen molar-refractivity contribution in [3.8, 4) is 5.69 Å². The van der Waals surface area contributed by atoms with Gasteiger partial charge < -0.3 is 15.0 Å². The second-order valence-electron chi connectivity index (χ2n) is 8.90. The Kier molecular flexibility index (Phi) is 6.98. The SMILES string of the molecule is Cc1nn(-c2ccc(F)cc2F)c(C)c1C(=O)NCc1ccc(C(=O)N2CC(C)OC(C)C2)cc1. The van der Waals surface area contributed by atoms with E-state index in [-0.39, 0.29) is 36.3 Å². The van der Waals surface area contributed by atoms with Crippen LogP contribution in [-0.2, 0) is 11.3 Å². The number of aryl methyl sites for hydroxylation is 1. The van der Waals surface area contributed by atoms with Crippen molar-refractivity contribution in [3.63, 3.8) is 0 Å². The first-order valence-corrected chi connectivity index (χ1v) is 11.5. The van der Waals surface area contributed by atoms with Gasteiger partial charge in [-0.3, -0.25) is 9.59 Å². The van der Waals surface area contributed by atoms with E-state index in [2.05, 4.69) is 10.4 Å². The average Bonchev–Trinajstić information content (AvgIpc) is 3.10. The number of rotatable bonds is 5. The van der Waals surface area contributed by atoms with Gasteiger partial charge in [0.15, 0.2) is 5.82 Å². The van der Waals surface area contributed by atoms with E-state index in [1.807, 2.05) is 13.8 Å². The van der Waals surface area contributed by atoms with E-state index in [1.54, 1.807) is 43.0 Å². The normalized spacial score (nSPS) is 17.9. The molecule has 4 rings (SSSR count). The highest BCUT2D eigenvalue weighted by Crippen LogP contribution is 2.21. The third-order valence-corrected chi connectivity index (χ3v) is 6.02. The highest BCUT2D eigenvalue weighted by molar-refractivity contribution is 5.96. The van der Waals surface area contributed by atoms with Crippen LogP contribution < -0.4 is 5.32 Å². The molecule has 0 spiro atoms.